The van der Waals surface area contributed by atoms with Gasteiger partial charge in [0.25, 0.3) is 0 Å². The molecule has 5 heteroatoms. The molecule has 1 fully saturated rings. The third-order valence-corrected chi connectivity index (χ3v) is 3.38. The van der Waals surface area contributed by atoms with Crippen molar-refractivity contribution in [2.75, 3.05) is 18.4 Å². The van der Waals surface area contributed by atoms with Crippen LogP contribution in [0.5, 0.6) is 0 Å². The molecule has 0 bridgehead atoms. The zero-order chi connectivity index (χ0) is 11.7. The van der Waals surface area contributed by atoms with Gasteiger partial charge in [0.05, 0.1) is 10.5 Å². The van der Waals surface area contributed by atoms with Crippen molar-refractivity contribution in [1.82, 2.24) is 10.3 Å². The Morgan fingerprint density at radius 2 is 2.28 bits per heavy atom. The van der Waals surface area contributed by atoms with E-state index in [2.05, 4.69) is 21.7 Å². The van der Waals surface area contributed by atoms with Crippen LogP contribution >= 0.6 is 24.0 Å². The van der Waals surface area contributed by atoms with Gasteiger partial charge in [-0.15, -0.1) is 12.4 Å². The first kappa shape index (κ1) is 13.4. The lowest BCUT2D eigenvalue weighted by Gasteiger charge is -2.14. The molecule has 0 amide bonds. The van der Waals surface area contributed by atoms with Gasteiger partial charge < -0.3 is 10.6 Å². The highest BCUT2D eigenvalue weighted by Crippen LogP contribution is 2.26. The number of benzene rings is 1. The summed E-state index contributed by atoms with van der Waals surface area (Å²) >= 11 is 6.23. The molecule has 0 unspecified atom stereocenters. The number of aromatic nitrogens is 1. The number of hydrogen-bond acceptors (Lipinski definition) is 3. The first-order valence-electron chi connectivity index (χ1n) is 5.84. The van der Waals surface area contributed by atoms with Crippen LogP contribution in [-0.2, 0) is 0 Å². The van der Waals surface area contributed by atoms with E-state index in [1.165, 1.54) is 0 Å². The van der Waals surface area contributed by atoms with Gasteiger partial charge in [-0.25, -0.2) is 0 Å². The average molecular weight is 284 g/mol. The van der Waals surface area contributed by atoms with Crippen LogP contribution in [0.4, 0.5) is 5.69 Å². The largest absolute Gasteiger partial charge is 0.381 e. The third kappa shape index (κ3) is 2.69. The molecule has 18 heavy (non-hydrogen) atoms. The SMILES string of the molecule is Cl.Clc1cc(N[C@@H]2CCNC2)cc2cccnc12. The van der Waals surface area contributed by atoms with Crippen molar-refractivity contribution < 1.29 is 0 Å². The highest BCUT2D eigenvalue weighted by atomic mass is 35.5. The van der Waals surface area contributed by atoms with Crippen LogP contribution in [0.1, 0.15) is 6.42 Å². The first-order chi connectivity index (χ1) is 8.33. The minimum atomic E-state index is 0. The van der Waals surface area contributed by atoms with E-state index < -0.39 is 0 Å². The maximum Gasteiger partial charge on any atom is 0.0889 e. The summed E-state index contributed by atoms with van der Waals surface area (Å²) in [6.45, 7) is 2.10. The molecule has 96 valence electrons. The van der Waals surface area contributed by atoms with Crippen LogP contribution in [0.25, 0.3) is 10.9 Å². The number of anilines is 1. The van der Waals surface area contributed by atoms with E-state index in [9.17, 15) is 0 Å². The molecule has 1 aromatic carbocycles. The zero-order valence-corrected chi connectivity index (χ0v) is 11.4. The molecule has 2 heterocycles. The quantitative estimate of drug-likeness (QED) is 0.890. The second kappa shape index (κ2) is 5.74. The molecule has 3 nitrogen and oxygen atoms in total. The first-order valence-corrected chi connectivity index (χ1v) is 6.22. The van der Waals surface area contributed by atoms with Crippen LogP contribution in [0.15, 0.2) is 30.5 Å². The Hall–Kier alpha value is -1.03. The number of nitrogens with one attached hydrogen (secondary N) is 2. The highest BCUT2D eigenvalue weighted by Gasteiger charge is 2.14. The van der Waals surface area contributed by atoms with E-state index in [1.54, 1.807) is 6.20 Å². The van der Waals surface area contributed by atoms with Gasteiger partial charge in [-0.2, -0.15) is 0 Å². The van der Waals surface area contributed by atoms with Crippen molar-refractivity contribution in [3.8, 4) is 0 Å². The fourth-order valence-corrected chi connectivity index (χ4v) is 2.52. The van der Waals surface area contributed by atoms with Gasteiger partial charge in [0.15, 0.2) is 0 Å². The van der Waals surface area contributed by atoms with Crippen molar-refractivity contribution in [1.29, 1.82) is 0 Å². The van der Waals surface area contributed by atoms with E-state index in [1.807, 2.05) is 18.2 Å². The minimum Gasteiger partial charge on any atom is -0.381 e. The molecule has 1 aromatic heterocycles. The fourth-order valence-electron chi connectivity index (χ4n) is 2.24. The van der Waals surface area contributed by atoms with E-state index in [0.717, 1.165) is 36.1 Å². The Morgan fingerprint density at radius 3 is 3.06 bits per heavy atom. The van der Waals surface area contributed by atoms with Crippen LogP contribution in [-0.4, -0.2) is 24.1 Å². The summed E-state index contributed by atoms with van der Waals surface area (Å²) in [5.41, 5.74) is 1.94. The Balaban J connectivity index is 0.00000120. The third-order valence-electron chi connectivity index (χ3n) is 3.09. The number of nitrogens with zero attached hydrogens (tertiary/aromatic N) is 1. The monoisotopic (exact) mass is 283 g/mol. The Kier molecular flexibility index (Phi) is 4.27. The molecule has 1 aliphatic heterocycles. The lowest BCUT2D eigenvalue weighted by Crippen LogP contribution is -2.21. The molecule has 0 spiro atoms. The van der Waals surface area contributed by atoms with Crippen molar-refractivity contribution in [2.24, 2.45) is 0 Å². The van der Waals surface area contributed by atoms with Crippen LogP contribution in [0.2, 0.25) is 5.02 Å². The molecular formula is C13H15Cl2N3. The van der Waals surface area contributed by atoms with Gasteiger partial charge in [-0.1, -0.05) is 17.7 Å². The number of fused-ring (bicyclic) bond motifs is 1. The van der Waals surface area contributed by atoms with Gasteiger partial charge in [-0.3, -0.25) is 4.98 Å². The molecule has 0 saturated carbocycles. The molecule has 1 atom stereocenters. The smallest absolute Gasteiger partial charge is 0.0889 e. The maximum absolute atomic E-state index is 6.23. The summed E-state index contributed by atoms with van der Waals surface area (Å²) in [5.74, 6) is 0. The number of rotatable bonds is 2. The van der Waals surface area contributed by atoms with Crippen LogP contribution in [0.3, 0.4) is 0 Å². The molecule has 2 N–H and O–H groups in total. The topological polar surface area (TPSA) is 37.0 Å². The molecule has 0 aliphatic carbocycles. The normalized spacial score (nSPS) is 18.6. The van der Waals surface area contributed by atoms with E-state index in [0.29, 0.717) is 11.1 Å². The predicted octanol–water partition coefficient (Wildman–Crippen LogP) is 3.08. The van der Waals surface area contributed by atoms with Gasteiger partial charge in [0.1, 0.15) is 0 Å². The van der Waals surface area contributed by atoms with E-state index in [-0.39, 0.29) is 12.4 Å². The Morgan fingerprint density at radius 1 is 1.39 bits per heavy atom. The molecule has 0 radical (unpaired) electrons. The number of pyridine rings is 1. The standard InChI is InChI=1S/C13H14ClN3.ClH/c14-12-7-11(17-10-3-5-15-8-10)6-9-2-1-4-16-13(9)12;/h1-2,4,6-7,10,15,17H,3,5,8H2;1H/t10-;/m1./s1. The Labute approximate surface area is 117 Å². The van der Waals surface area contributed by atoms with Gasteiger partial charge in [-0.05, 0) is 31.2 Å². The number of halogens is 2. The van der Waals surface area contributed by atoms with Gasteiger partial charge >= 0.3 is 0 Å². The number of hydrogen-bond donors (Lipinski definition) is 2. The van der Waals surface area contributed by atoms with Crippen molar-refractivity contribution in [3.63, 3.8) is 0 Å². The highest BCUT2D eigenvalue weighted by molar-refractivity contribution is 6.35. The molecule has 2 aromatic rings. The molecular weight excluding hydrogens is 269 g/mol. The summed E-state index contributed by atoms with van der Waals surface area (Å²) in [6.07, 6.45) is 2.92. The lowest BCUT2D eigenvalue weighted by molar-refractivity contribution is 0.793. The van der Waals surface area contributed by atoms with E-state index >= 15 is 0 Å². The summed E-state index contributed by atoms with van der Waals surface area (Å²) < 4.78 is 0. The van der Waals surface area contributed by atoms with E-state index in [4.69, 9.17) is 11.6 Å². The van der Waals surface area contributed by atoms with Gasteiger partial charge in [0, 0.05) is 29.9 Å². The van der Waals surface area contributed by atoms with Gasteiger partial charge in [0.2, 0.25) is 0 Å². The maximum atomic E-state index is 6.23. The molecule has 1 saturated heterocycles. The summed E-state index contributed by atoms with van der Waals surface area (Å²) in [7, 11) is 0. The second-order valence-corrected chi connectivity index (χ2v) is 4.77. The Bertz CT molecular complexity index is 539. The summed E-state index contributed by atoms with van der Waals surface area (Å²) in [6, 6.07) is 8.52. The minimum absolute atomic E-state index is 0. The molecule has 1 aliphatic rings. The summed E-state index contributed by atoms with van der Waals surface area (Å²) in [5, 5.41) is 8.62. The van der Waals surface area contributed by atoms with Crippen molar-refractivity contribution in [3.05, 3.63) is 35.5 Å². The van der Waals surface area contributed by atoms with Crippen LogP contribution in [0, 0.1) is 0 Å². The molecule has 3 rings (SSSR count). The lowest BCUT2D eigenvalue weighted by atomic mass is 10.1. The van der Waals surface area contributed by atoms with Crippen molar-refractivity contribution >= 4 is 40.6 Å². The van der Waals surface area contributed by atoms with Crippen LogP contribution < -0.4 is 10.6 Å². The average Bonchev–Trinajstić information content (AvgIpc) is 2.82. The van der Waals surface area contributed by atoms with Crippen molar-refractivity contribution in [2.45, 2.75) is 12.5 Å². The second-order valence-electron chi connectivity index (χ2n) is 4.37. The predicted molar refractivity (Wildman–Crippen MR) is 78.9 cm³/mol. The zero-order valence-electron chi connectivity index (χ0n) is 9.82. The fraction of sp³-hybridized carbons (Fsp3) is 0.308. The summed E-state index contributed by atoms with van der Waals surface area (Å²) in [4.78, 5) is 4.28.